The average Bonchev–Trinajstić information content (AvgIpc) is 2.36. The Kier molecular flexibility index (Phi) is 3.19. The Morgan fingerprint density at radius 3 is 2.10 bits per heavy atom. The average molecular weight is 295 g/mol. The topological polar surface area (TPSA) is 0 Å². The maximum Gasteiger partial charge on any atom is 0.460 e. The number of hydrogen-bond donors (Lipinski definition) is 0. The Morgan fingerprint density at radius 2 is 1.50 bits per heavy atom. The number of hydrogen-bond acceptors (Lipinski definition) is 0. The second-order valence-corrected chi connectivity index (χ2v) is 4.12. The summed E-state index contributed by atoms with van der Waals surface area (Å²) >= 11 is 0. The number of alkyl halides is 7. The van der Waals surface area contributed by atoms with E-state index in [2.05, 4.69) is 6.07 Å². The van der Waals surface area contributed by atoms with E-state index in [-0.39, 0.29) is 5.39 Å². The van der Waals surface area contributed by atoms with Crippen molar-refractivity contribution in [1.29, 1.82) is 0 Å². The van der Waals surface area contributed by atoms with Gasteiger partial charge in [0, 0.05) is 5.56 Å². The van der Waals surface area contributed by atoms with Crippen LogP contribution in [-0.2, 0) is 5.92 Å². The Bertz CT molecular complexity index is 628. The third-order valence-corrected chi connectivity index (χ3v) is 2.78. The molecule has 1 radical (unpaired) electrons. The molecule has 20 heavy (non-hydrogen) atoms. The molecule has 7 heteroatoms. The molecule has 0 unspecified atom stereocenters. The lowest BCUT2D eigenvalue weighted by Gasteiger charge is -2.28. The van der Waals surface area contributed by atoms with Gasteiger partial charge >= 0.3 is 18.0 Å². The van der Waals surface area contributed by atoms with Crippen molar-refractivity contribution in [2.75, 3.05) is 0 Å². The van der Waals surface area contributed by atoms with E-state index in [0.717, 1.165) is 6.07 Å². The van der Waals surface area contributed by atoms with E-state index in [0.29, 0.717) is 17.5 Å². The molecular formula is C13H6F7. The summed E-state index contributed by atoms with van der Waals surface area (Å²) in [7, 11) is 0. The second-order valence-electron chi connectivity index (χ2n) is 4.12. The van der Waals surface area contributed by atoms with Crippen LogP contribution in [-0.4, -0.2) is 12.1 Å². The predicted molar refractivity (Wildman–Crippen MR) is 57.7 cm³/mol. The van der Waals surface area contributed by atoms with Gasteiger partial charge < -0.3 is 0 Å². The van der Waals surface area contributed by atoms with Gasteiger partial charge in [0.15, 0.2) is 0 Å². The van der Waals surface area contributed by atoms with E-state index in [1.807, 2.05) is 0 Å². The maximum atomic E-state index is 13.5. The van der Waals surface area contributed by atoms with Crippen molar-refractivity contribution in [2.45, 2.75) is 18.0 Å². The van der Waals surface area contributed by atoms with E-state index in [1.165, 1.54) is 18.2 Å². The predicted octanol–water partition coefficient (Wildman–Crippen LogP) is 4.93. The Balaban J connectivity index is 2.57. The zero-order valence-corrected chi connectivity index (χ0v) is 9.61. The molecule has 0 atom stereocenters. The molecule has 0 nitrogen and oxygen atoms in total. The van der Waals surface area contributed by atoms with Crippen molar-refractivity contribution in [2.24, 2.45) is 0 Å². The molecule has 0 aromatic heterocycles. The van der Waals surface area contributed by atoms with Crippen molar-refractivity contribution in [3.63, 3.8) is 0 Å². The molecule has 0 aliphatic rings. The number of rotatable bonds is 2. The summed E-state index contributed by atoms with van der Waals surface area (Å²) in [5.74, 6) is -11.5. The highest BCUT2D eigenvalue weighted by molar-refractivity contribution is 5.82. The Morgan fingerprint density at radius 1 is 0.850 bits per heavy atom. The molecule has 2 aromatic carbocycles. The highest BCUT2D eigenvalue weighted by Gasteiger charge is 2.73. The van der Waals surface area contributed by atoms with Gasteiger partial charge in [-0.15, -0.1) is 0 Å². The van der Waals surface area contributed by atoms with Gasteiger partial charge in [-0.1, -0.05) is 30.3 Å². The monoisotopic (exact) mass is 295 g/mol. The molecule has 0 heterocycles. The fourth-order valence-electron chi connectivity index (χ4n) is 1.67. The van der Waals surface area contributed by atoms with Crippen molar-refractivity contribution < 1.29 is 30.7 Å². The van der Waals surface area contributed by atoms with Gasteiger partial charge in [0.25, 0.3) is 0 Å². The summed E-state index contributed by atoms with van der Waals surface area (Å²) < 4.78 is 89.0. The summed E-state index contributed by atoms with van der Waals surface area (Å²) in [5, 5.41) is 0.435. The fraction of sp³-hybridized carbons (Fsp3) is 0.231. The third kappa shape index (κ3) is 2.10. The molecule has 0 N–H and O–H groups in total. The SMILES string of the molecule is FC(F)(F)C(F)(F)C(F)(F)c1ccc2ccc[c]c2c1. The summed E-state index contributed by atoms with van der Waals surface area (Å²) in [6.07, 6.45) is -6.34. The first-order chi connectivity index (χ1) is 9.07. The van der Waals surface area contributed by atoms with Crippen LogP contribution in [0.1, 0.15) is 5.56 Å². The molecule has 0 fully saturated rings. The number of halogens is 7. The van der Waals surface area contributed by atoms with E-state index in [9.17, 15) is 30.7 Å². The van der Waals surface area contributed by atoms with Crippen LogP contribution in [0, 0.1) is 6.07 Å². The van der Waals surface area contributed by atoms with Gasteiger partial charge in [0.05, 0.1) is 0 Å². The van der Waals surface area contributed by atoms with Crippen LogP contribution < -0.4 is 0 Å². The Labute approximate surface area is 108 Å². The lowest BCUT2D eigenvalue weighted by atomic mass is 9.98. The number of fused-ring (bicyclic) bond motifs is 1. The van der Waals surface area contributed by atoms with E-state index >= 15 is 0 Å². The molecule has 0 amide bonds. The fourth-order valence-corrected chi connectivity index (χ4v) is 1.67. The molecule has 0 aliphatic heterocycles. The summed E-state index contributed by atoms with van der Waals surface area (Å²) in [6.45, 7) is 0. The highest BCUT2D eigenvalue weighted by atomic mass is 19.4. The van der Waals surface area contributed by atoms with Crippen molar-refractivity contribution in [3.05, 3.63) is 48.0 Å². The quantitative estimate of drug-likeness (QED) is 0.689. The first-order valence-corrected chi connectivity index (χ1v) is 5.30. The minimum absolute atomic E-state index is 0.0302. The van der Waals surface area contributed by atoms with Crippen LogP contribution in [0.4, 0.5) is 30.7 Å². The molecule has 0 saturated heterocycles. The van der Waals surface area contributed by atoms with Gasteiger partial charge in [-0.05, 0) is 22.9 Å². The van der Waals surface area contributed by atoms with Crippen molar-refractivity contribution in [1.82, 2.24) is 0 Å². The summed E-state index contributed by atoms with van der Waals surface area (Å²) in [5.41, 5.74) is -1.41. The van der Waals surface area contributed by atoms with E-state index in [1.54, 1.807) is 0 Å². The zero-order chi connectivity index (χ0) is 15.2. The molecule has 0 saturated carbocycles. The third-order valence-electron chi connectivity index (χ3n) is 2.78. The van der Waals surface area contributed by atoms with Gasteiger partial charge in [0.1, 0.15) is 0 Å². The van der Waals surface area contributed by atoms with Gasteiger partial charge in [-0.2, -0.15) is 30.7 Å². The normalized spacial score (nSPS) is 13.8. The van der Waals surface area contributed by atoms with Crippen molar-refractivity contribution >= 4 is 10.8 Å². The highest BCUT2D eigenvalue weighted by Crippen LogP contribution is 2.51. The minimum Gasteiger partial charge on any atom is -0.194 e. The summed E-state index contributed by atoms with van der Waals surface area (Å²) in [4.78, 5) is 0. The van der Waals surface area contributed by atoms with Crippen LogP contribution in [0.15, 0.2) is 36.4 Å². The first-order valence-electron chi connectivity index (χ1n) is 5.30. The lowest BCUT2D eigenvalue weighted by Crippen LogP contribution is -2.50. The standard InChI is InChI=1S/C13H6F7/c14-11(15,12(16,17)13(18,19)20)10-6-5-8-3-1-2-4-9(8)7-10/h1-3,5-7H. The molecule has 2 aromatic rings. The van der Waals surface area contributed by atoms with Crippen LogP contribution >= 0.6 is 0 Å². The van der Waals surface area contributed by atoms with E-state index < -0.39 is 23.6 Å². The first kappa shape index (κ1) is 14.6. The molecule has 2 rings (SSSR count). The second kappa shape index (κ2) is 4.36. The van der Waals surface area contributed by atoms with Crippen LogP contribution in [0.5, 0.6) is 0 Å². The van der Waals surface area contributed by atoms with Crippen molar-refractivity contribution in [3.8, 4) is 0 Å². The molecule has 0 spiro atoms. The Hall–Kier alpha value is -1.79. The van der Waals surface area contributed by atoms with Crippen LogP contribution in [0.25, 0.3) is 10.8 Å². The molecular weight excluding hydrogens is 289 g/mol. The molecule has 0 bridgehead atoms. The zero-order valence-electron chi connectivity index (χ0n) is 9.61. The maximum absolute atomic E-state index is 13.5. The molecule has 0 aliphatic carbocycles. The van der Waals surface area contributed by atoms with Gasteiger partial charge in [-0.3, -0.25) is 0 Å². The van der Waals surface area contributed by atoms with E-state index in [4.69, 9.17) is 0 Å². The van der Waals surface area contributed by atoms with Gasteiger partial charge in [-0.25, -0.2) is 0 Å². The van der Waals surface area contributed by atoms with Crippen LogP contribution in [0.3, 0.4) is 0 Å². The molecule has 107 valence electrons. The van der Waals surface area contributed by atoms with Gasteiger partial charge in [0.2, 0.25) is 0 Å². The smallest absolute Gasteiger partial charge is 0.194 e. The minimum atomic E-state index is -6.34. The summed E-state index contributed by atoms with van der Waals surface area (Å²) in [6, 6.07) is 9.03. The van der Waals surface area contributed by atoms with Crippen LogP contribution in [0.2, 0.25) is 0 Å². The lowest BCUT2D eigenvalue weighted by molar-refractivity contribution is -0.359. The largest absolute Gasteiger partial charge is 0.460 e. The number of benzene rings is 2.